The Balaban J connectivity index is 2.38. The summed E-state index contributed by atoms with van der Waals surface area (Å²) in [7, 11) is 2.04. The first-order chi connectivity index (χ1) is 9.02. The molecule has 1 nitrogen and oxygen atoms in total. The van der Waals surface area contributed by atoms with Crippen molar-refractivity contribution in [3.63, 3.8) is 0 Å². The Hall–Kier alpha value is -0.640. The number of thiophene rings is 1. The van der Waals surface area contributed by atoms with E-state index in [0.717, 1.165) is 4.47 Å². The Morgan fingerprint density at radius 3 is 2.53 bits per heavy atom. The fourth-order valence-corrected chi connectivity index (χ4v) is 4.06. The van der Waals surface area contributed by atoms with E-state index < -0.39 is 0 Å². The van der Waals surface area contributed by atoms with Crippen molar-refractivity contribution in [1.82, 2.24) is 5.32 Å². The second-order valence-electron chi connectivity index (χ2n) is 5.17. The summed E-state index contributed by atoms with van der Waals surface area (Å²) >= 11 is 5.45. The monoisotopic (exact) mass is 337 g/mol. The molecule has 0 saturated heterocycles. The molecule has 19 heavy (non-hydrogen) atoms. The highest BCUT2D eigenvalue weighted by atomic mass is 79.9. The van der Waals surface area contributed by atoms with Crippen LogP contribution in [0.15, 0.2) is 34.8 Å². The summed E-state index contributed by atoms with van der Waals surface area (Å²) in [6.45, 7) is 6.68. The highest BCUT2D eigenvalue weighted by molar-refractivity contribution is 9.10. The van der Waals surface area contributed by atoms with Gasteiger partial charge in [0.25, 0.3) is 0 Å². The van der Waals surface area contributed by atoms with Crippen LogP contribution in [0.2, 0.25) is 0 Å². The van der Waals surface area contributed by atoms with Crippen LogP contribution in [0.1, 0.15) is 30.3 Å². The van der Waals surface area contributed by atoms with Crippen molar-refractivity contribution >= 4 is 27.3 Å². The van der Waals surface area contributed by atoms with E-state index >= 15 is 0 Å². The van der Waals surface area contributed by atoms with Crippen LogP contribution in [-0.4, -0.2) is 7.05 Å². The molecule has 0 fully saturated rings. The molecule has 2 aromatic rings. The van der Waals surface area contributed by atoms with E-state index in [1.807, 2.05) is 18.4 Å². The minimum atomic E-state index is 0.436. The van der Waals surface area contributed by atoms with Gasteiger partial charge in [0, 0.05) is 20.3 Å². The Bertz CT molecular complexity index is 560. The maximum atomic E-state index is 3.56. The molecule has 0 aliphatic rings. The maximum Gasteiger partial charge on any atom is 0.0435 e. The van der Waals surface area contributed by atoms with Gasteiger partial charge >= 0.3 is 0 Å². The molecule has 0 aliphatic heterocycles. The molecule has 1 aromatic heterocycles. The van der Waals surface area contributed by atoms with E-state index in [2.05, 4.69) is 72.3 Å². The molecule has 3 heteroatoms. The minimum absolute atomic E-state index is 0.436. The van der Waals surface area contributed by atoms with Gasteiger partial charge in [-0.05, 0) is 55.3 Å². The molecule has 1 atom stereocenters. The van der Waals surface area contributed by atoms with Gasteiger partial charge in [-0.15, -0.1) is 11.3 Å². The third-order valence-electron chi connectivity index (χ3n) is 3.38. The van der Waals surface area contributed by atoms with Gasteiger partial charge in [0.15, 0.2) is 0 Å². The summed E-state index contributed by atoms with van der Waals surface area (Å²) in [6.07, 6.45) is 0. The molecule has 0 spiro atoms. The lowest BCUT2D eigenvalue weighted by Crippen LogP contribution is -2.20. The smallest absolute Gasteiger partial charge is 0.0435 e. The van der Waals surface area contributed by atoms with Crippen molar-refractivity contribution in [3.8, 4) is 10.4 Å². The van der Waals surface area contributed by atoms with Gasteiger partial charge in [-0.1, -0.05) is 35.8 Å². The molecular weight excluding hydrogens is 318 g/mol. The zero-order valence-electron chi connectivity index (χ0n) is 11.8. The SMILES string of the molecule is CNC(c1ccc(-c2cc(Br)ccc2C)s1)C(C)C. The maximum absolute atomic E-state index is 3.56. The quantitative estimate of drug-likeness (QED) is 0.787. The van der Waals surface area contributed by atoms with Crippen molar-refractivity contribution < 1.29 is 0 Å². The summed E-state index contributed by atoms with van der Waals surface area (Å²) in [4.78, 5) is 2.75. The molecule has 1 aromatic carbocycles. The molecule has 102 valence electrons. The first-order valence-electron chi connectivity index (χ1n) is 6.56. The number of hydrogen-bond donors (Lipinski definition) is 1. The highest BCUT2D eigenvalue weighted by Gasteiger charge is 2.16. The van der Waals surface area contributed by atoms with E-state index in [4.69, 9.17) is 0 Å². The summed E-state index contributed by atoms with van der Waals surface area (Å²) in [6, 6.07) is 11.4. The molecule has 0 radical (unpaired) electrons. The van der Waals surface area contributed by atoms with Crippen LogP contribution in [-0.2, 0) is 0 Å². The lowest BCUT2D eigenvalue weighted by atomic mass is 10.0. The van der Waals surface area contributed by atoms with Crippen LogP contribution in [0.25, 0.3) is 10.4 Å². The summed E-state index contributed by atoms with van der Waals surface area (Å²) in [5.41, 5.74) is 2.64. The van der Waals surface area contributed by atoms with Crippen molar-refractivity contribution in [3.05, 3.63) is 45.2 Å². The molecule has 0 saturated carbocycles. The summed E-state index contributed by atoms with van der Waals surface area (Å²) < 4.78 is 1.14. The molecule has 0 bridgehead atoms. The Morgan fingerprint density at radius 1 is 1.16 bits per heavy atom. The van der Waals surface area contributed by atoms with Gasteiger partial charge in [0.2, 0.25) is 0 Å². The Labute approximate surface area is 128 Å². The third-order valence-corrected chi connectivity index (χ3v) is 5.07. The Morgan fingerprint density at radius 2 is 1.89 bits per heavy atom. The Kier molecular flexibility index (Phi) is 4.82. The van der Waals surface area contributed by atoms with Crippen molar-refractivity contribution in [1.29, 1.82) is 0 Å². The predicted molar refractivity (Wildman–Crippen MR) is 88.8 cm³/mol. The van der Waals surface area contributed by atoms with E-state index in [0.29, 0.717) is 12.0 Å². The lowest BCUT2D eigenvalue weighted by molar-refractivity contribution is 0.449. The van der Waals surface area contributed by atoms with E-state index in [1.165, 1.54) is 20.9 Å². The van der Waals surface area contributed by atoms with Gasteiger partial charge < -0.3 is 5.32 Å². The fourth-order valence-electron chi connectivity index (χ4n) is 2.33. The summed E-state index contributed by atoms with van der Waals surface area (Å²) in [5, 5.41) is 3.41. The van der Waals surface area contributed by atoms with Crippen LogP contribution in [0.3, 0.4) is 0 Å². The van der Waals surface area contributed by atoms with E-state index in [-0.39, 0.29) is 0 Å². The van der Waals surface area contributed by atoms with Crippen LogP contribution >= 0.6 is 27.3 Å². The van der Waals surface area contributed by atoms with Crippen molar-refractivity contribution in [2.75, 3.05) is 7.05 Å². The van der Waals surface area contributed by atoms with Gasteiger partial charge in [0.05, 0.1) is 0 Å². The lowest BCUT2D eigenvalue weighted by Gasteiger charge is -2.18. The van der Waals surface area contributed by atoms with Crippen molar-refractivity contribution in [2.45, 2.75) is 26.8 Å². The minimum Gasteiger partial charge on any atom is -0.312 e. The average Bonchev–Trinajstić information content (AvgIpc) is 2.82. The zero-order valence-corrected chi connectivity index (χ0v) is 14.2. The van der Waals surface area contributed by atoms with Gasteiger partial charge in [-0.2, -0.15) is 0 Å². The fraction of sp³-hybridized carbons (Fsp3) is 0.375. The number of nitrogens with one attached hydrogen (secondary N) is 1. The molecule has 2 rings (SSSR count). The van der Waals surface area contributed by atoms with Crippen LogP contribution in [0, 0.1) is 12.8 Å². The molecule has 0 amide bonds. The molecular formula is C16H20BrNS. The van der Waals surface area contributed by atoms with Crippen LogP contribution in [0.4, 0.5) is 0 Å². The second-order valence-corrected chi connectivity index (χ2v) is 7.20. The number of benzene rings is 1. The number of aryl methyl sites for hydroxylation is 1. The first-order valence-corrected chi connectivity index (χ1v) is 8.17. The summed E-state index contributed by atoms with van der Waals surface area (Å²) in [5.74, 6) is 0.597. The van der Waals surface area contributed by atoms with Gasteiger partial charge in [-0.25, -0.2) is 0 Å². The van der Waals surface area contributed by atoms with Gasteiger partial charge in [-0.3, -0.25) is 0 Å². The van der Waals surface area contributed by atoms with E-state index in [1.54, 1.807) is 0 Å². The normalized spacial score (nSPS) is 12.9. The number of halogens is 1. The molecule has 1 heterocycles. The number of hydrogen-bond acceptors (Lipinski definition) is 2. The largest absolute Gasteiger partial charge is 0.312 e. The standard InChI is InChI=1S/C16H20BrNS/c1-10(2)16(18-4)15-8-7-14(19-15)13-9-12(17)6-5-11(13)3/h5-10,16,18H,1-4H3. The van der Waals surface area contributed by atoms with Gasteiger partial charge in [0.1, 0.15) is 0 Å². The second kappa shape index (κ2) is 6.21. The van der Waals surface area contributed by atoms with Crippen molar-refractivity contribution in [2.24, 2.45) is 5.92 Å². The van der Waals surface area contributed by atoms with Crippen LogP contribution < -0.4 is 5.32 Å². The van der Waals surface area contributed by atoms with Crippen LogP contribution in [0.5, 0.6) is 0 Å². The number of rotatable bonds is 4. The predicted octanol–water partition coefficient (Wildman–Crippen LogP) is 5.40. The molecule has 1 N–H and O–H groups in total. The topological polar surface area (TPSA) is 12.0 Å². The third kappa shape index (κ3) is 3.28. The molecule has 0 aliphatic carbocycles. The highest BCUT2D eigenvalue weighted by Crippen LogP contribution is 2.36. The molecule has 1 unspecified atom stereocenters. The zero-order chi connectivity index (χ0) is 14.0. The first kappa shape index (κ1) is 14.8. The van der Waals surface area contributed by atoms with E-state index in [9.17, 15) is 0 Å². The average molecular weight is 338 g/mol.